The SMILES string of the molecule is CCC(C)(C)C(=O)OC(C)C(F)(F)S(=O)(=O)[O-].CCC(C)(C)C(=O)Oc1ccc(O)cc1.CCC(C)(C)C(=O)Oc1ccc(OC(C)(C)C)cc1.CCC(C)(C)C(=O)Oc1ccc2c(c1)COC2=O.CCC1(OC(=O)C(C)(C)CC)CCCC1.c1ccc([S+](c2ccccc2)c2ccccc2)cc1. The van der Waals surface area contributed by atoms with E-state index in [0.717, 1.165) is 49.8 Å². The summed E-state index contributed by atoms with van der Waals surface area (Å²) in [6.07, 6.45) is 6.49. The van der Waals surface area contributed by atoms with Crippen LogP contribution in [0, 0.1) is 27.1 Å². The van der Waals surface area contributed by atoms with E-state index in [9.17, 15) is 50.5 Å². The number of carbonyl (C=O) groups is 6. The number of benzene rings is 6. The van der Waals surface area contributed by atoms with E-state index in [1.54, 1.807) is 49.4 Å². The molecule has 0 saturated heterocycles. The van der Waals surface area contributed by atoms with Gasteiger partial charge in [-0.1, -0.05) is 96.1 Å². The molecule has 0 radical (unpaired) electrons. The number of alkyl halides is 2. The topological polar surface area (TPSA) is 244 Å². The van der Waals surface area contributed by atoms with Crippen LogP contribution in [0.15, 0.2) is 172 Å². The normalized spacial score (nSPS) is 13.8. The lowest BCUT2D eigenvalue weighted by Gasteiger charge is -2.32. The van der Waals surface area contributed by atoms with Crippen LogP contribution in [-0.2, 0) is 65.8 Å². The molecule has 1 atom stereocenters. The Balaban J connectivity index is 0.000000322. The highest BCUT2D eigenvalue weighted by atomic mass is 32.2. The Kier molecular flexibility index (Phi) is 33.8. The van der Waals surface area contributed by atoms with E-state index in [0.29, 0.717) is 42.6 Å². The van der Waals surface area contributed by atoms with E-state index in [4.69, 9.17) is 33.5 Å². The van der Waals surface area contributed by atoms with Crippen molar-refractivity contribution in [2.45, 2.75) is 247 Å². The Hall–Kier alpha value is -8.14. The van der Waals surface area contributed by atoms with Crippen molar-refractivity contribution in [2.75, 3.05) is 0 Å². The molecule has 0 bridgehead atoms. The third kappa shape index (κ3) is 28.1. The van der Waals surface area contributed by atoms with Gasteiger partial charge < -0.3 is 42.8 Å². The largest absolute Gasteiger partial charge is 0.743 e. The highest BCUT2D eigenvalue weighted by Crippen LogP contribution is 2.39. The summed E-state index contributed by atoms with van der Waals surface area (Å²) in [4.78, 5) is 74.3. The van der Waals surface area contributed by atoms with Crippen LogP contribution in [0.3, 0.4) is 0 Å². The summed E-state index contributed by atoms with van der Waals surface area (Å²) in [6, 6.07) is 50.3. The van der Waals surface area contributed by atoms with Crippen molar-refractivity contribution in [3.8, 4) is 28.7 Å². The van der Waals surface area contributed by atoms with E-state index in [-0.39, 0.29) is 69.7 Å². The number of carbonyl (C=O) groups excluding carboxylic acids is 6. The Morgan fingerprint density at radius 3 is 1.21 bits per heavy atom. The van der Waals surface area contributed by atoms with Crippen LogP contribution in [0.2, 0.25) is 0 Å². The Bertz CT molecular complexity index is 3670. The van der Waals surface area contributed by atoms with Gasteiger partial charge in [-0.2, -0.15) is 8.78 Å². The van der Waals surface area contributed by atoms with Gasteiger partial charge in [0.25, 0.3) is 0 Å². The fraction of sp³-hybridized carbons (Fsp3) is 0.488. The number of ether oxygens (including phenoxy) is 7. The molecule has 1 unspecified atom stereocenters. The average molecular weight is 1470 g/mol. The maximum Gasteiger partial charge on any atom is 0.369 e. The van der Waals surface area contributed by atoms with Gasteiger partial charge in [0, 0.05) is 5.56 Å². The highest BCUT2D eigenvalue weighted by molar-refractivity contribution is 7.97. The zero-order valence-corrected chi connectivity index (χ0v) is 65.6. The average Bonchev–Trinajstić information content (AvgIpc) is 1.46. The molecule has 2 aliphatic rings. The predicted octanol–water partition coefficient (Wildman–Crippen LogP) is 19.6. The van der Waals surface area contributed by atoms with E-state index < -0.39 is 49.1 Å². The molecule has 103 heavy (non-hydrogen) atoms. The van der Waals surface area contributed by atoms with Crippen LogP contribution >= 0.6 is 0 Å². The number of phenols is 1. The summed E-state index contributed by atoms with van der Waals surface area (Å²) < 4.78 is 93.4. The van der Waals surface area contributed by atoms with E-state index in [2.05, 4.69) is 103 Å². The molecule has 1 N–H and O–H groups in total. The Morgan fingerprint density at radius 2 is 0.854 bits per heavy atom. The molecular formula is C82H110F2O17S2. The van der Waals surface area contributed by atoms with Gasteiger partial charge >= 0.3 is 41.1 Å². The smallest absolute Gasteiger partial charge is 0.369 e. The molecule has 0 amide bonds. The second-order valence-electron chi connectivity index (χ2n) is 29.4. The summed E-state index contributed by atoms with van der Waals surface area (Å²) in [7, 11) is -5.87. The van der Waals surface area contributed by atoms with Crippen molar-refractivity contribution in [3.63, 3.8) is 0 Å². The van der Waals surface area contributed by atoms with Gasteiger partial charge in [0.1, 0.15) is 46.6 Å². The lowest BCUT2D eigenvalue weighted by Crippen LogP contribution is -2.44. The number of cyclic esters (lactones) is 1. The predicted molar refractivity (Wildman–Crippen MR) is 397 cm³/mol. The number of rotatable bonds is 22. The Labute approximate surface area is 613 Å². The van der Waals surface area contributed by atoms with Gasteiger partial charge in [0.2, 0.25) is 0 Å². The Morgan fingerprint density at radius 1 is 0.515 bits per heavy atom. The van der Waals surface area contributed by atoms with Gasteiger partial charge in [-0.15, -0.1) is 0 Å². The fourth-order valence-electron chi connectivity index (χ4n) is 8.63. The lowest BCUT2D eigenvalue weighted by atomic mass is 9.89. The van der Waals surface area contributed by atoms with Crippen molar-refractivity contribution >= 4 is 56.8 Å². The monoisotopic (exact) mass is 1470 g/mol. The van der Waals surface area contributed by atoms with E-state index >= 15 is 0 Å². The summed E-state index contributed by atoms with van der Waals surface area (Å²) in [6.45, 7) is 36.5. The van der Waals surface area contributed by atoms with Crippen molar-refractivity contribution in [1.29, 1.82) is 0 Å². The first-order valence-corrected chi connectivity index (χ1v) is 37.7. The molecule has 1 saturated carbocycles. The maximum absolute atomic E-state index is 13.0. The minimum atomic E-state index is -5.86. The van der Waals surface area contributed by atoms with Crippen molar-refractivity contribution < 1.29 is 88.8 Å². The van der Waals surface area contributed by atoms with E-state index in [1.807, 2.05) is 116 Å². The second-order valence-corrected chi connectivity index (χ2v) is 32.9. The van der Waals surface area contributed by atoms with E-state index in [1.165, 1.54) is 53.5 Å². The zero-order chi connectivity index (χ0) is 78.0. The molecule has 1 fully saturated rings. The summed E-state index contributed by atoms with van der Waals surface area (Å²) in [5, 5.41) is 4.42. The van der Waals surface area contributed by atoms with Crippen molar-refractivity contribution in [2.24, 2.45) is 27.1 Å². The number of halogens is 2. The minimum absolute atomic E-state index is 0.0146. The van der Waals surface area contributed by atoms with Gasteiger partial charge in [0.15, 0.2) is 30.9 Å². The molecule has 6 aromatic rings. The number of hydrogen-bond acceptors (Lipinski definition) is 17. The third-order valence-electron chi connectivity index (χ3n) is 18.0. The van der Waals surface area contributed by atoms with Crippen LogP contribution in [0.5, 0.6) is 28.7 Å². The van der Waals surface area contributed by atoms with Gasteiger partial charge in [-0.25, -0.2) is 13.2 Å². The van der Waals surface area contributed by atoms with Crippen LogP contribution in [0.1, 0.15) is 219 Å². The van der Waals surface area contributed by atoms with Crippen molar-refractivity contribution in [3.05, 3.63) is 169 Å². The van der Waals surface area contributed by atoms with Gasteiger partial charge in [-0.3, -0.25) is 24.0 Å². The quantitative estimate of drug-likeness (QED) is 0.0218. The molecule has 1 heterocycles. The standard InChI is InChI=1S/C18H15S.C16H24O3.C14H16O4.C13H24O2.C12H16O3.C9H16F2O5S/c1-4-10-16(11-5-1)19(17-12-6-2-7-13-17)18-14-8-3-9-15-18;1-7-16(5,6)14(17)18-12-8-10-13(11-9-12)19-15(2,3)4;1-4-14(2,3)13(16)18-10-5-6-11-9(7-10)8-17-12(11)15;1-5-12(3,4)11(14)15-13(6-2)9-7-8-10-13;1-4-12(2,3)11(14)15-10-7-5-9(13)6-8-10;1-5-8(3,4)7(12)16-6(2)9(10,11)17(13,14)15/h1-15H;8-11H,7H2,1-6H3;5-7H,4,8H2,1-3H3;5-10H2,1-4H3;5-8,13H,4H2,1-3H3;6H,5H2,1-4H3,(H,13,14,15)/q+1;;;;;/p-1. The van der Waals surface area contributed by atoms with Crippen LogP contribution in [0.4, 0.5) is 8.78 Å². The summed E-state index contributed by atoms with van der Waals surface area (Å²) in [5.74, 6) is 0.337. The number of aromatic hydroxyl groups is 1. The minimum Gasteiger partial charge on any atom is -0.743 e. The van der Waals surface area contributed by atoms with Crippen molar-refractivity contribution in [1.82, 2.24) is 0 Å². The maximum atomic E-state index is 13.0. The molecular weight excluding hydrogens is 1360 g/mol. The summed E-state index contributed by atoms with van der Waals surface area (Å²) >= 11 is 0. The van der Waals surface area contributed by atoms with Crippen LogP contribution < -0.4 is 18.9 Å². The summed E-state index contributed by atoms with van der Waals surface area (Å²) in [5.41, 5.74) is -1.85. The molecule has 21 heteroatoms. The zero-order valence-electron chi connectivity index (χ0n) is 63.9. The van der Waals surface area contributed by atoms with Crippen LogP contribution in [-0.4, -0.2) is 76.5 Å². The number of esters is 6. The number of phenolic OH excluding ortho intramolecular Hbond substituents is 1. The molecule has 8 rings (SSSR count). The molecule has 1 aliphatic carbocycles. The highest BCUT2D eigenvalue weighted by Gasteiger charge is 2.48. The first-order valence-electron chi connectivity index (χ1n) is 35.0. The second kappa shape index (κ2) is 39.1. The van der Waals surface area contributed by atoms with Crippen LogP contribution in [0.25, 0.3) is 0 Å². The fourth-order valence-corrected chi connectivity index (χ4v) is 11.2. The van der Waals surface area contributed by atoms with Gasteiger partial charge in [-0.05, 0) is 264 Å². The molecule has 17 nitrogen and oxygen atoms in total. The molecule has 0 aromatic heterocycles. The molecule has 6 aromatic carbocycles. The van der Waals surface area contributed by atoms with Gasteiger partial charge in [0.05, 0.1) is 43.5 Å². The third-order valence-corrected chi connectivity index (χ3v) is 21.3. The molecule has 566 valence electrons. The molecule has 1 aliphatic heterocycles. The first kappa shape index (κ1) is 89.1. The molecule has 0 spiro atoms. The lowest BCUT2D eigenvalue weighted by molar-refractivity contribution is -0.171. The number of hydrogen-bond donors (Lipinski definition) is 1. The first-order chi connectivity index (χ1) is 47.8. The number of fused-ring (bicyclic) bond motifs is 1.